The fraction of sp³-hybridized carbons (Fsp3) is 0.423. The van der Waals surface area contributed by atoms with Crippen LogP contribution in [0.5, 0.6) is 5.75 Å². The van der Waals surface area contributed by atoms with Crippen molar-refractivity contribution in [3.63, 3.8) is 0 Å². The number of amides is 1. The van der Waals surface area contributed by atoms with Crippen LogP contribution in [0.15, 0.2) is 45.7 Å². The lowest BCUT2D eigenvalue weighted by Crippen LogP contribution is -2.41. The molecule has 1 aliphatic heterocycles. The molecule has 194 valence electrons. The Bertz CT molecular complexity index is 1460. The van der Waals surface area contributed by atoms with Crippen molar-refractivity contribution in [3.8, 4) is 17.2 Å². The quantitative estimate of drug-likeness (QED) is 0.433. The molecule has 0 bridgehead atoms. The lowest BCUT2D eigenvalue weighted by atomic mass is 9.93. The summed E-state index contributed by atoms with van der Waals surface area (Å²) in [6.07, 6.45) is 3.16. The average Bonchev–Trinajstić information content (AvgIpc) is 3.50. The van der Waals surface area contributed by atoms with Crippen LogP contribution in [0.3, 0.4) is 0 Å². The Morgan fingerprint density at radius 2 is 1.89 bits per heavy atom. The summed E-state index contributed by atoms with van der Waals surface area (Å²) < 4.78 is 18.3. The van der Waals surface area contributed by atoms with Crippen LogP contribution in [0.25, 0.3) is 17.1 Å². The first-order valence-electron chi connectivity index (χ1n) is 12.2. The SMILES string of the molecule is COc1ccc(Cc2nnc(-c3cnn4c(C5CCN(C(=O)OC(C)(C)C)CC5)cc(=O)[nH]c34)o2)cc1. The molecule has 1 saturated heterocycles. The fourth-order valence-electron chi connectivity index (χ4n) is 4.50. The minimum atomic E-state index is -0.540. The van der Waals surface area contributed by atoms with Crippen LogP contribution in [0.1, 0.15) is 56.7 Å². The Morgan fingerprint density at radius 3 is 2.57 bits per heavy atom. The van der Waals surface area contributed by atoms with Crippen LogP contribution in [0.4, 0.5) is 4.79 Å². The van der Waals surface area contributed by atoms with Gasteiger partial charge in [-0.3, -0.25) is 4.79 Å². The normalized spacial score (nSPS) is 14.8. The van der Waals surface area contributed by atoms with E-state index in [9.17, 15) is 9.59 Å². The number of H-pyrrole nitrogens is 1. The van der Waals surface area contributed by atoms with Gasteiger partial charge in [0.2, 0.25) is 5.89 Å². The summed E-state index contributed by atoms with van der Waals surface area (Å²) in [4.78, 5) is 29.6. The summed E-state index contributed by atoms with van der Waals surface area (Å²) in [6, 6.07) is 9.20. The van der Waals surface area contributed by atoms with Crippen LogP contribution >= 0.6 is 0 Å². The molecular formula is C26H30N6O5. The number of rotatable bonds is 5. The van der Waals surface area contributed by atoms with Gasteiger partial charge in [-0.2, -0.15) is 5.10 Å². The summed E-state index contributed by atoms with van der Waals surface area (Å²) >= 11 is 0. The zero-order valence-corrected chi connectivity index (χ0v) is 21.4. The lowest BCUT2D eigenvalue weighted by Gasteiger charge is -2.33. The molecule has 3 aromatic heterocycles. The minimum Gasteiger partial charge on any atom is -0.497 e. The number of nitrogens with zero attached hydrogens (tertiary/aromatic N) is 5. The molecule has 0 aliphatic carbocycles. The van der Waals surface area contributed by atoms with E-state index in [-0.39, 0.29) is 23.5 Å². The first kappa shape index (κ1) is 24.5. The van der Waals surface area contributed by atoms with Gasteiger partial charge < -0.3 is 23.8 Å². The van der Waals surface area contributed by atoms with Gasteiger partial charge in [0, 0.05) is 25.1 Å². The summed E-state index contributed by atoms with van der Waals surface area (Å²) in [5, 5.41) is 12.9. The Hall–Kier alpha value is -4.15. The number of aromatic nitrogens is 5. The number of carbonyl (C=O) groups is 1. The van der Waals surface area contributed by atoms with Crippen molar-refractivity contribution in [2.75, 3.05) is 20.2 Å². The molecule has 11 nitrogen and oxygen atoms in total. The third kappa shape index (κ3) is 5.35. The second kappa shape index (κ2) is 9.72. The van der Waals surface area contributed by atoms with Crippen LogP contribution in [0, 0.1) is 0 Å². The molecule has 5 rings (SSSR count). The predicted octanol–water partition coefficient (Wildman–Crippen LogP) is 3.79. The number of aromatic amines is 1. The highest BCUT2D eigenvalue weighted by Gasteiger charge is 2.29. The van der Waals surface area contributed by atoms with Gasteiger partial charge in [-0.1, -0.05) is 12.1 Å². The van der Waals surface area contributed by atoms with Gasteiger partial charge in [0.25, 0.3) is 11.4 Å². The molecule has 0 radical (unpaired) electrons. The fourth-order valence-corrected chi connectivity index (χ4v) is 4.50. The van der Waals surface area contributed by atoms with Gasteiger partial charge in [0.05, 0.1) is 25.4 Å². The van der Waals surface area contributed by atoms with Crippen molar-refractivity contribution in [2.45, 2.75) is 51.6 Å². The van der Waals surface area contributed by atoms with Crippen molar-refractivity contribution in [3.05, 3.63) is 64.0 Å². The molecule has 4 aromatic rings. The number of benzene rings is 1. The van der Waals surface area contributed by atoms with E-state index in [0.717, 1.165) is 17.0 Å². The van der Waals surface area contributed by atoms with Crippen LogP contribution in [-0.2, 0) is 11.2 Å². The van der Waals surface area contributed by atoms with E-state index in [2.05, 4.69) is 20.3 Å². The number of ether oxygens (including phenoxy) is 2. The number of nitrogens with one attached hydrogen (secondary N) is 1. The van der Waals surface area contributed by atoms with E-state index in [0.29, 0.717) is 49.5 Å². The topological polar surface area (TPSA) is 128 Å². The monoisotopic (exact) mass is 506 g/mol. The van der Waals surface area contributed by atoms with Crippen molar-refractivity contribution in [1.29, 1.82) is 0 Å². The highest BCUT2D eigenvalue weighted by atomic mass is 16.6. The van der Waals surface area contributed by atoms with E-state index >= 15 is 0 Å². The summed E-state index contributed by atoms with van der Waals surface area (Å²) in [6.45, 7) is 6.64. The zero-order valence-electron chi connectivity index (χ0n) is 21.4. The molecule has 37 heavy (non-hydrogen) atoms. The Morgan fingerprint density at radius 1 is 1.16 bits per heavy atom. The lowest BCUT2D eigenvalue weighted by molar-refractivity contribution is 0.0203. The second-order valence-electron chi connectivity index (χ2n) is 10.1. The van der Waals surface area contributed by atoms with Gasteiger partial charge in [-0.05, 0) is 51.3 Å². The van der Waals surface area contributed by atoms with E-state index in [1.807, 2.05) is 45.0 Å². The van der Waals surface area contributed by atoms with E-state index in [1.165, 1.54) is 0 Å². The molecule has 4 heterocycles. The number of likely N-dealkylation sites (tertiary alicyclic amines) is 1. The average molecular weight is 507 g/mol. The second-order valence-corrected chi connectivity index (χ2v) is 10.1. The highest BCUT2D eigenvalue weighted by molar-refractivity contribution is 5.71. The number of carbonyl (C=O) groups excluding carboxylic acids is 1. The van der Waals surface area contributed by atoms with Crippen molar-refractivity contribution >= 4 is 11.7 Å². The molecular weight excluding hydrogens is 476 g/mol. The predicted molar refractivity (Wildman–Crippen MR) is 135 cm³/mol. The molecule has 1 aromatic carbocycles. The van der Waals surface area contributed by atoms with Crippen LogP contribution in [-0.4, -0.2) is 61.6 Å². The van der Waals surface area contributed by atoms with Gasteiger partial charge in [0.15, 0.2) is 0 Å². The molecule has 1 N–H and O–H groups in total. The third-order valence-electron chi connectivity index (χ3n) is 6.31. The van der Waals surface area contributed by atoms with Crippen molar-refractivity contribution in [2.24, 2.45) is 0 Å². The summed E-state index contributed by atoms with van der Waals surface area (Å²) in [5.41, 5.74) is 2.06. The minimum absolute atomic E-state index is 0.0598. The zero-order chi connectivity index (χ0) is 26.2. The number of hydrogen-bond acceptors (Lipinski definition) is 8. The van der Waals surface area contributed by atoms with Crippen LogP contribution in [0.2, 0.25) is 0 Å². The molecule has 11 heteroatoms. The molecule has 0 atom stereocenters. The van der Waals surface area contributed by atoms with E-state index in [4.69, 9.17) is 13.9 Å². The smallest absolute Gasteiger partial charge is 0.410 e. The van der Waals surface area contributed by atoms with Gasteiger partial charge in [0.1, 0.15) is 22.6 Å². The summed E-state index contributed by atoms with van der Waals surface area (Å²) in [7, 11) is 1.62. The number of piperidine rings is 1. The van der Waals surface area contributed by atoms with Gasteiger partial charge in [-0.15, -0.1) is 10.2 Å². The number of methoxy groups -OCH3 is 1. The van der Waals surface area contributed by atoms with E-state index < -0.39 is 5.60 Å². The molecule has 0 unspecified atom stereocenters. The first-order chi connectivity index (χ1) is 17.7. The molecule has 0 saturated carbocycles. The molecule has 1 amide bonds. The van der Waals surface area contributed by atoms with Gasteiger partial charge in [-0.25, -0.2) is 9.31 Å². The van der Waals surface area contributed by atoms with Crippen molar-refractivity contribution in [1.82, 2.24) is 29.7 Å². The highest BCUT2D eigenvalue weighted by Crippen LogP contribution is 2.30. The van der Waals surface area contributed by atoms with Crippen LogP contribution < -0.4 is 10.3 Å². The standard InChI is InChI=1S/C26H30N6O5/c1-26(2,3)37-25(34)31-11-9-17(10-12-31)20-14-21(33)28-23-19(15-27-32(20)23)24-30-29-22(36-24)13-16-5-7-18(35-4)8-6-16/h5-8,14-15,17H,9-13H2,1-4H3,(H,28,33). The maximum absolute atomic E-state index is 12.6. The maximum Gasteiger partial charge on any atom is 0.410 e. The van der Waals surface area contributed by atoms with Gasteiger partial charge >= 0.3 is 6.09 Å². The molecule has 0 spiro atoms. The largest absolute Gasteiger partial charge is 0.497 e. The Labute approximate surface area is 213 Å². The Kier molecular flexibility index (Phi) is 6.45. The maximum atomic E-state index is 12.6. The molecule has 1 aliphatic rings. The summed E-state index contributed by atoms with van der Waals surface area (Å²) in [5.74, 6) is 1.57. The Balaban J connectivity index is 1.35. The number of fused-ring (bicyclic) bond motifs is 1. The molecule has 1 fully saturated rings. The first-order valence-corrected chi connectivity index (χ1v) is 12.2. The van der Waals surface area contributed by atoms with E-state index in [1.54, 1.807) is 28.8 Å². The third-order valence-corrected chi connectivity index (χ3v) is 6.31. The number of hydrogen-bond donors (Lipinski definition) is 1. The van der Waals surface area contributed by atoms with Crippen molar-refractivity contribution < 1.29 is 18.7 Å².